The smallest absolute Gasteiger partial charge is 0.423 e. The van der Waals surface area contributed by atoms with Crippen molar-refractivity contribution in [2.24, 2.45) is 0 Å². The molecule has 1 aromatic rings. The Morgan fingerprint density at radius 1 is 1.67 bits per heavy atom. The standard InChI is InChI=1S/C8H9BN2O4/c1-10-8-3-5(11(13)14)2-7-6(8)4-15-9(7)12/h2-3,10,12H,4H2,1H3. The predicted octanol–water partition coefficient (Wildman–Crippen LogP) is -0.146. The third kappa shape index (κ3) is 1.55. The summed E-state index contributed by atoms with van der Waals surface area (Å²) < 4.78 is 4.99. The molecule has 6 nitrogen and oxygen atoms in total. The van der Waals surface area contributed by atoms with E-state index >= 15 is 0 Å². The first-order valence-corrected chi connectivity index (χ1v) is 4.42. The van der Waals surface area contributed by atoms with E-state index in [0.717, 1.165) is 5.56 Å². The highest BCUT2D eigenvalue weighted by Gasteiger charge is 2.31. The normalized spacial score (nSPS) is 13.9. The van der Waals surface area contributed by atoms with E-state index in [4.69, 9.17) is 4.65 Å². The fourth-order valence-corrected chi connectivity index (χ4v) is 1.64. The van der Waals surface area contributed by atoms with Gasteiger partial charge < -0.3 is 15.0 Å². The SMILES string of the molecule is CNc1cc([N+](=O)[O-])cc2c1COB2O. The van der Waals surface area contributed by atoms with Gasteiger partial charge in [-0.15, -0.1) is 0 Å². The van der Waals surface area contributed by atoms with Gasteiger partial charge in [-0.05, 0) is 11.0 Å². The molecule has 1 heterocycles. The van der Waals surface area contributed by atoms with Crippen LogP contribution < -0.4 is 10.8 Å². The zero-order chi connectivity index (χ0) is 11.0. The van der Waals surface area contributed by atoms with Crippen LogP contribution in [0.3, 0.4) is 0 Å². The number of nitro groups is 1. The number of hydrogen-bond donors (Lipinski definition) is 2. The fourth-order valence-electron chi connectivity index (χ4n) is 1.64. The van der Waals surface area contributed by atoms with Gasteiger partial charge in [-0.25, -0.2) is 0 Å². The molecule has 2 N–H and O–H groups in total. The Hall–Kier alpha value is -1.60. The number of nitrogens with zero attached hydrogens (tertiary/aromatic N) is 1. The molecule has 0 amide bonds. The van der Waals surface area contributed by atoms with Crippen LogP contribution in [0, 0.1) is 10.1 Å². The molecule has 7 heteroatoms. The van der Waals surface area contributed by atoms with E-state index in [0.29, 0.717) is 11.2 Å². The monoisotopic (exact) mass is 208 g/mol. The van der Waals surface area contributed by atoms with Crippen molar-refractivity contribution >= 4 is 24.0 Å². The van der Waals surface area contributed by atoms with Crippen molar-refractivity contribution in [2.45, 2.75) is 6.61 Å². The van der Waals surface area contributed by atoms with Crippen LogP contribution in [0.1, 0.15) is 5.56 Å². The molecule has 0 saturated heterocycles. The molecule has 1 aliphatic heterocycles. The van der Waals surface area contributed by atoms with Gasteiger partial charge in [-0.3, -0.25) is 10.1 Å². The summed E-state index contributed by atoms with van der Waals surface area (Å²) >= 11 is 0. The van der Waals surface area contributed by atoms with E-state index in [1.165, 1.54) is 12.1 Å². The molecular formula is C8H9BN2O4. The van der Waals surface area contributed by atoms with Crippen molar-refractivity contribution in [3.05, 3.63) is 27.8 Å². The second-order valence-electron chi connectivity index (χ2n) is 3.23. The van der Waals surface area contributed by atoms with Crippen LogP contribution in [0.15, 0.2) is 12.1 Å². The summed E-state index contributed by atoms with van der Waals surface area (Å²) in [6, 6.07) is 2.77. The number of benzene rings is 1. The van der Waals surface area contributed by atoms with Crippen molar-refractivity contribution in [2.75, 3.05) is 12.4 Å². The van der Waals surface area contributed by atoms with Gasteiger partial charge in [0.1, 0.15) is 0 Å². The maximum absolute atomic E-state index is 10.6. The van der Waals surface area contributed by atoms with Gasteiger partial charge >= 0.3 is 7.12 Å². The van der Waals surface area contributed by atoms with E-state index in [-0.39, 0.29) is 12.3 Å². The second kappa shape index (κ2) is 3.52. The van der Waals surface area contributed by atoms with Crippen LogP contribution in [-0.2, 0) is 11.3 Å². The zero-order valence-corrected chi connectivity index (χ0v) is 8.06. The van der Waals surface area contributed by atoms with Gasteiger partial charge in [-0.1, -0.05) is 0 Å². The third-order valence-electron chi connectivity index (χ3n) is 2.40. The molecule has 0 saturated carbocycles. The largest absolute Gasteiger partial charge is 0.492 e. The first-order chi connectivity index (χ1) is 7.13. The second-order valence-corrected chi connectivity index (χ2v) is 3.23. The average molecular weight is 208 g/mol. The van der Waals surface area contributed by atoms with E-state index in [2.05, 4.69) is 5.32 Å². The van der Waals surface area contributed by atoms with Gasteiger partial charge in [0.15, 0.2) is 0 Å². The summed E-state index contributed by atoms with van der Waals surface area (Å²) in [4.78, 5) is 10.1. The van der Waals surface area contributed by atoms with Gasteiger partial charge in [0.05, 0.1) is 11.5 Å². The highest BCUT2D eigenvalue weighted by Crippen LogP contribution is 2.24. The molecule has 0 unspecified atom stereocenters. The molecule has 0 aliphatic carbocycles. The van der Waals surface area contributed by atoms with E-state index in [9.17, 15) is 15.1 Å². The molecule has 0 atom stereocenters. The zero-order valence-electron chi connectivity index (χ0n) is 8.06. The molecular weight excluding hydrogens is 199 g/mol. The number of fused-ring (bicyclic) bond motifs is 1. The summed E-state index contributed by atoms with van der Waals surface area (Å²) in [6.07, 6.45) is 0. The molecule has 0 bridgehead atoms. The highest BCUT2D eigenvalue weighted by molar-refractivity contribution is 6.61. The van der Waals surface area contributed by atoms with Crippen molar-refractivity contribution in [1.29, 1.82) is 0 Å². The maximum atomic E-state index is 10.6. The predicted molar refractivity (Wildman–Crippen MR) is 55.0 cm³/mol. The van der Waals surface area contributed by atoms with Crippen LogP contribution in [-0.4, -0.2) is 24.1 Å². The topological polar surface area (TPSA) is 84.6 Å². The van der Waals surface area contributed by atoms with Gasteiger partial charge in [0, 0.05) is 24.9 Å². The van der Waals surface area contributed by atoms with Crippen molar-refractivity contribution in [3.8, 4) is 0 Å². The Balaban J connectivity index is 2.58. The van der Waals surface area contributed by atoms with Gasteiger partial charge in [-0.2, -0.15) is 0 Å². The molecule has 0 aromatic heterocycles. The average Bonchev–Trinajstić information content (AvgIpc) is 2.59. The maximum Gasteiger partial charge on any atom is 0.492 e. The summed E-state index contributed by atoms with van der Waals surface area (Å²) in [7, 11) is 0.608. The van der Waals surface area contributed by atoms with Gasteiger partial charge in [0.2, 0.25) is 0 Å². The molecule has 15 heavy (non-hydrogen) atoms. The number of nitro benzene ring substituents is 1. The number of non-ortho nitro benzene ring substituents is 1. The molecule has 0 fully saturated rings. The molecule has 0 spiro atoms. The lowest BCUT2D eigenvalue weighted by molar-refractivity contribution is -0.384. The Morgan fingerprint density at radius 2 is 2.40 bits per heavy atom. The van der Waals surface area contributed by atoms with Crippen LogP contribution in [0.25, 0.3) is 0 Å². The molecule has 1 aliphatic rings. The number of hydrogen-bond acceptors (Lipinski definition) is 5. The van der Waals surface area contributed by atoms with Crippen LogP contribution in [0.5, 0.6) is 0 Å². The highest BCUT2D eigenvalue weighted by atomic mass is 16.6. The quantitative estimate of drug-likeness (QED) is 0.401. The molecule has 1 aromatic carbocycles. The molecule has 78 valence electrons. The fraction of sp³-hybridized carbons (Fsp3) is 0.250. The summed E-state index contributed by atoms with van der Waals surface area (Å²) in [5.41, 5.74) is 1.81. The Labute approximate surface area is 86.2 Å². The number of nitrogens with one attached hydrogen (secondary N) is 1. The Kier molecular flexibility index (Phi) is 2.33. The van der Waals surface area contributed by atoms with Crippen LogP contribution in [0.4, 0.5) is 11.4 Å². The third-order valence-corrected chi connectivity index (χ3v) is 2.40. The number of rotatable bonds is 2. The summed E-state index contributed by atoms with van der Waals surface area (Å²) in [5.74, 6) is 0. The van der Waals surface area contributed by atoms with Crippen molar-refractivity contribution in [1.82, 2.24) is 0 Å². The summed E-state index contributed by atoms with van der Waals surface area (Å²) in [5, 5.41) is 22.9. The van der Waals surface area contributed by atoms with Crippen LogP contribution >= 0.6 is 0 Å². The van der Waals surface area contributed by atoms with Crippen molar-refractivity contribution in [3.63, 3.8) is 0 Å². The minimum Gasteiger partial charge on any atom is -0.423 e. The van der Waals surface area contributed by atoms with E-state index < -0.39 is 12.0 Å². The number of anilines is 1. The lowest BCUT2D eigenvalue weighted by Gasteiger charge is -2.06. The lowest BCUT2D eigenvalue weighted by Crippen LogP contribution is -2.28. The first kappa shape index (κ1) is 9.94. The molecule has 0 radical (unpaired) electrons. The van der Waals surface area contributed by atoms with E-state index in [1.807, 2.05) is 0 Å². The van der Waals surface area contributed by atoms with E-state index in [1.54, 1.807) is 7.05 Å². The first-order valence-electron chi connectivity index (χ1n) is 4.42. The van der Waals surface area contributed by atoms with Gasteiger partial charge in [0.25, 0.3) is 5.69 Å². The van der Waals surface area contributed by atoms with Crippen molar-refractivity contribution < 1.29 is 14.6 Å². The van der Waals surface area contributed by atoms with Crippen LogP contribution in [0.2, 0.25) is 0 Å². The molecule has 2 rings (SSSR count). The minimum absolute atomic E-state index is 0.0531. The Bertz CT molecular complexity index is 423. The minimum atomic E-state index is -1.06. The lowest BCUT2D eigenvalue weighted by atomic mass is 9.79. The Morgan fingerprint density at radius 3 is 3.00 bits per heavy atom. The summed E-state index contributed by atoms with van der Waals surface area (Å²) in [6.45, 7) is 0.269.